The molecule has 0 spiro atoms. The Kier molecular flexibility index (Phi) is 6.62. The van der Waals surface area contributed by atoms with Gasteiger partial charge >= 0.3 is 0 Å². The largest absolute Gasteiger partial charge is 0.355 e. The molecule has 2 fully saturated rings. The summed E-state index contributed by atoms with van der Waals surface area (Å²) in [5.74, 6) is 1.12. The van der Waals surface area contributed by atoms with E-state index in [1.807, 2.05) is 24.3 Å². The highest BCUT2D eigenvalue weighted by Gasteiger charge is 2.32. The number of anilines is 1. The Labute approximate surface area is 177 Å². The van der Waals surface area contributed by atoms with E-state index in [2.05, 4.69) is 25.1 Å². The Balaban J connectivity index is 1.28. The number of likely N-dealkylation sites (tertiary alicyclic amines) is 1. The van der Waals surface area contributed by atoms with Gasteiger partial charge < -0.3 is 10.2 Å². The standard InChI is InChI=1S/C22H28ClN5O/c23-20-6-2-10-25-21(20)27-12-7-19(8-13-27)28-11-3-5-18(16-28)22(29)26-15-17-4-1-9-24-14-17/h1-2,4,6,9-10,14,18-19H,3,5,7-8,11-13,15-16H2,(H,26,29)/t18-/m0/s1. The maximum atomic E-state index is 12.7. The molecule has 1 N–H and O–H groups in total. The minimum absolute atomic E-state index is 0.0729. The van der Waals surface area contributed by atoms with Gasteiger partial charge in [0.2, 0.25) is 5.91 Å². The number of pyridine rings is 2. The van der Waals surface area contributed by atoms with Gasteiger partial charge in [0.25, 0.3) is 0 Å². The lowest BCUT2D eigenvalue weighted by Gasteiger charge is -2.42. The molecular formula is C22H28ClN5O. The minimum Gasteiger partial charge on any atom is -0.355 e. The smallest absolute Gasteiger partial charge is 0.224 e. The molecule has 0 aliphatic carbocycles. The number of carbonyl (C=O) groups excluding carboxylic acids is 1. The molecule has 154 valence electrons. The molecule has 7 heteroatoms. The lowest BCUT2D eigenvalue weighted by Crippen LogP contribution is -2.51. The van der Waals surface area contributed by atoms with E-state index in [1.165, 1.54) is 0 Å². The Morgan fingerprint density at radius 3 is 2.72 bits per heavy atom. The second-order valence-electron chi connectivity index (χ2n) is 7.94. The number of rotatable bonds is 5. The number of aromatic nitrogens is 2. The summed E-state index contributed by atoms with van der Waals surface area (Å²) in [5.41, 5.74) is 1.04. The van der Waals surface area contributed by atoms with Gasteiger partial charge in [0.05, 0.1) is 10.9 Å². The summed E-state index contributed by atoms with van der Waals surface area (Å²) >= 11 is 6.31. The predicted molar refractivity (Wildman–Crippen MR) is 115 cm³/mol. The van der Waals surface area contributed by atoms with Gasteiger partial charge in [-0.05, 0) is 56.0 Å². The molecule has 4 heterocycles. The zero-order chi connectivity index (χ0) is 20.1. The zero-order valence-electron chi connectivity index (χ0n) is 16.6. The van der Waals surface area contributed by atoms with Crippen molar-refractivity contribution in [3.8, 4) is 0 Å². The molecule has 2 aliphatic rings. The number of amides is 1. The third-order valence-corrected chi connectivity index (χ3v) is 6.33. The molecule has 0 bridgehead atoms. The van der Waals surface area contributed by atoms with Crippen LogP contribution in [0.5, 0.6) is 0 Å². The molecule has 29 heavy (non-hydrogen) atoms. The fourth-order valence-corrected chi connectivity index (χ4v) is 4.68. The number of hydrogen-bond acceptors (Lipinski definition) is 5. The summed E-state index contributed by atoms with van der Waals surface area (Å²) in [6.07, 6.45) is 9.56. The highest BCUT2D eigenvalue weighted by molar-refractivity contribution is 6.32. The number of nitrogens with zero attached hydrogens (tertiary/aromatic N) is 4. The van der Waals surface area contributed by atoms with Crippen LogP contribution in [0, 0.1) is 5.92 Å². The molecule has 1 atom stereocenters. The van der Waals surface area contributed by atoms with Crippen molar-refractivity contribution in [1.29, 1.82) is 0 Å². The van der Waals surface area contributed by atoms with Crippen molar-refractivity contribution in [2.45, 2.75) is 38.3 Å². The van der Waals surface area contributed by atoms with Gasteiger partial charge in [-0.3, -0.25) is 14.7 Å². The predicted octanol–water partition coefficient (Wildman–Crippen LogP) is 3.13. The molecule has 0 aromatic carbocycles. The third-order valence-electron chi connectivity index (χ3n) is 6.03. The van der Waals surface area contributed by atoms with E-state index in [-0.39, 0.29) is 11.8 Å². The summed E-state index contributed by atoms with van der Waals surface area (Å²) in [6.45, 7) is 4.40. The van der Waals surface area contributed by atoms with Crippen LogP contribution in [0.1, 0.15) is 31.2 Å². The van der Waals surface area contributed by atoms with Crippen molar-refractivity contribution in [1.82, 2.24) is 20.2 Å². The Morgan fingerprint density at radius 2 is 1.97 bits per heavy atom. The van der Waals surface area contributed by atoms with E-state index in [4.69, 9.17) is 11.6 Å². The average Bonchev–Trinajstić information content (AvgIpc) is 2.79. The second kappa shape index (κ2) is 9.55. The summed E-state index contributed by atoms with van der Waals surface area (Å²) in [5, 5.41) is 3.81. The zero-order valence-corrected chi connectivity index (χ0v) is 17.4. The van der Waals surface area contributed by atoms with Crippen LogP contribution >= 0.6 is 11.6 Å². The van der Waals surface area contributed by atoms with E-state index in [0.717, 1.165) is 63.2 Å². The first kappa shape index (κ1) is 20.1. The molecule has 1 amide bonds. The van der Waals surface area contributed by atoms with Crippen molar-refractivity contribution in [2.75, 3.05) is 31.1 Å². The van der Waals surface area contributed by atoms with Crippen LogP contribution in [0.3, 0.4) is 0 Å². The van der Waals surface area contributed by atoms with Crippen molar-refractivity contribution in [3.63, 3.8) is 0 Å². The van der Waals surface area contributed by atoms with E-state index in [0.29, 0.717) is 17.6 Å². The van der Waals surface area contributed by atoms with Gasteiger partial charge in [-0.15, -0.1) is 0 Å². The normalized spacial score (nSPS) is 21.1. The van der Waals surface area contributed by atoms with Gasteiger partial charge in [-0.1, -0.05) is 17.7 Å². The number of hydrogen-bond donors (Lipinski definition) is 1. The van der Waals surface area contributed by atoms with Crippen molar-refractivity contribution < 1.29 is 4.79 Å². The Morgan fingerprint density at radius 1 is 1.14 bits per heavy atom. The van der Waals surface area contributed by atoms with Crippen LogP contribution in [0.25, 0.3) is 0 Å². The van der Waals surface area contributed by atoms with Crippen LogP contribution in [-0.4, -0.2) is 53.0 Å². The molecule has 0 unspecified atom stereocenters. The summed E-state index contributed by atoms with van der Waals surface area (Å²) < 4.78 is 0. The first-order valence-corrected chi connectivity index (χ1v) is 10.8. The van der Waals surface area contributed by atoms with E-state index < -0.39 is 0 Å². The fourth-order valence-electron chi connectivity index (χ4n) is 4.44. The highest BCUT2D eigenvalue weighted by Crippen LogP contribution is 2.28. The number of piperidine rings is 2. The molecule has 0 radical (unpaired) electrons. The number of nitrogens with one attached hydrogen (secondary N) is 1. The topological polar surface area (TPSA) is 61.4 Å². The minimum atomic E-state index is 0.0729. The third kappa shape index (κ3) is 5.06. The first-order valence-electron chi connectivity index (χ1n) is 10.5. The van der Waals surface area contributed by atoms with Crippen molar-refractivity contribution >= 4 is 23.3 Å². The van der Waals surface area contributed by atoms with Crippen LogP contribution < -0.4 is 10.2 Å². The lowest BCUT2D eigenvalue weighted by molar-refractivity contribution is -0.127. The van der Waals surface area contributed by atoms with E-state index >= 15 is 0 Å². The molecule has 2 aromatic heterocycles. The van der Waals surface area contributed by atoms with Gasteiger partial charge in [0.15, 0.2) is 0 Å². The van der Waals surface area contributed by atoms with Crippen molar-refractivity contribution in [3.05, 3.63) is 53.4 Å². The average molecular weight is 414 g/mol. The first-order chi connectivity index (χ1) is 14.2. The molecule has 2 aliphatic heterocycles. The summed E-state index contributed by atoms with van der Waals surface area (Å²) in [6, 6.07) is 8.18. The van der Waals surface area contributed by atoms with Gasteiger partial charge in [-0.25, -0.2) is 4.98 Å². The fraction of sp³-hybridized carbons (Fsp3) is 0.500. The highest BCUT2D eigenvalue weighted by atomic mass is 35.5. The molecule has 2 aromatic rings. The van der Waals surface area contributed by atoms with E-state index in [1.54, 1.807) is 18.6 Å². The molecule has 4 rings (SSSR count). The van der Waals surface area contributed by atoms with Crippen LogP contribution in [0.4, 0.5) is 5.82 Å². The van der Waals surface area contributed by atoms with Crippen LogP contribution in [0.15, 0.2) is 42.9 Å². The number of carbonyl (C=O) groups is 1. The van der Waals surface area contributed by atoms with Crippen LogP contribution in [-0.2, 0) is 11.3 Å². The van der Waals surface area contributed by atoms with Crippen molar-refractivity contribution in [2.24, 2.45) is 5.92 Å². The maximum Gasteiger partial charge on any atom is 0.224 e. The summed E-state index contributed by atoms with van der Waals surface area (Å²) in [7, 11) is 0. The Bertz CT molecular complexity index is 810. The second-order valence-corrected chi connectivity index (χ2v) is 8.35. The summed E-state index contributed by atoms with van der Waals surface area (Å²) in [4.78, 5) is 26.0. The Hall–Kier alpha value is -2.18. The van der Waals surface area contributed by atoms with E-state index in [9.17, 15) is 4.79 Å². The quantitative estimate of drug-likeness (QED) is 0.815. The molecule has 6 nitrogen and oxygen atoms in total. The number of halogens is 1. The maximum absolute atomic E-state index is 12.7. The molecule has 0 saturated carbocycles. The lowest BCUT2D eigenvalue weighted by atomic mass is 9.93. The monoisotopic (exact) mass is 413 g/mol. The molecule has 2 saturated heterocycles. The molecular weight excluding hydrogens is 386 g/mol. The van der Waals surface area contributed by atoms with Gasteiger partial charge in [0.1, 0.15) is 5.82 Å². The van der Waals surface area contributed by atoms with Gasteiger partial charge in [-0.2, -0.15) is 0 Å². The SMILES string of the molecule is O=C(NCc1cccnc1)[C@H]1CCCN(C2CCN(c3ncccc3Cl)CC2)C1. The van der Waals surface area contributed by atoms with Crippen LogP contribution in [0.2, 0.25) is 5.02 Å². The van der Waals surface area contributed by atoms with Gasteiger partial charge in [0, 0.05) is 50.8 Å².